The average molecular weight is 301 g/mol. The Morgan fingerprint density at radius 3 is 2.52 bits per heavy atom. The van der Waals surface area contributed by atoms with Gasteiger partial charge in [0.15, 0.2) is 5.65 Å². The van der Waals surface area contributed by atoms with Crippen molar-refractivity contribution in [1.82, 2.24) is 19.5 Å². The molecular formula is C16H17ClN4. The number of aromatic nitrogens is 4. The van der Waals surface area contributed by atoms with Gasteiger partial charge in [0.1, 0.15) is 17.5 Å². The van der Waals surface area contributed by atoms with Gasteiger partial charge in [-0.05, 0) is 51.0 Å². The fraction of sp³-hybridized carbons (Fsp3) is 0.312. The van der Waals surface area contributed by atoms with Gasteiger partial charge in [-0.3, -0.25) is 0 Å². The van der Waals surface area contributed by atoms with Gasteiger partial charge < -0.3 is 4.57 Å². The maximum Gasteiger partial charge on any atom is 0.164 e. The number of aryl methyl sites for hydroxylation is 1. The van der Waals surface area contributed by atoms with Crippen LogP contribution in [0.25, 0.3) is 22.4 Å². The summed E-state index contributed by atoms with van der Waals surface area (Å²) in [6.45, 7) is 8.28. The first kappa shape index (κ1) is 14.0. The molecular weight excluding hydrogens is 284 g/mol. The molecule has 3 aromatic rings. The van der Waals surface area contributed by atoms with Crippen LogP contribution in [-0.4, -0.2) is 19.5 Å². The van der Waals surface area contributed by atoms with Gasteiger partial charge in [-0.1, -0.05) is 11.6 Å². The smallest absolute Gasteiger partial charge is 0.164 e. The minimum absolute atomic E-state index is 0.307. The van der Waals surface area contributed by atoms with Crippen molar-refractivity contribution in [3.63, 3.8) is 0 Å². The summed E-state index contributed by atoms with van der Waals surface area (Å²) in [7, 11) is 0. The Bertz CT molecular complexity index is 797. The van der Waals surface area contributed by atoms with Crippen LogP contribution in [0.1, 0.15) is 31.0 Å². The highest BCUT2D eigenvalue weighted by molar-refractivity contribution is 6.31. The van der Waals surface area contributed by atoms with Crippen LogP contribution in [0, 0.1) is 13.8 Å². The summed E-state index contributed by atoms with van der Waals surface area (Å²) >= 11 is 6.31. The second-order valence-electron chi connectivity index (χ2n) is 5.54. The number of rotatable bonds is 2. The maximum absolute atomic E-state index is 6.31. The number of benzene rings is 1. The molecule has 5 heteroatoms. The highest BCUT2D eigenvalue weighted by Gasteiger charge is 2.14. The molecule has 3 rings (SSSR count). The number of fused-ring (bicyclic) bond motifs is 1. The summed E-state index contributed by atoms with van der Waals surface area (Å²) in [4.78, 5) is 13.3. The fourth-order valence-electron chi connectivity index (χ4n) is 2.39. The Balaban J connectivity index is 2.26. The molecule has 2 heterocycles. The molecule has 0 bridgehead atoms. The standard InChI is InChI=1S/C16H17ClN4/c1-9(2)21-8-20-15-14(18-7-19-16(15)21)12-5-10(3)11(4)13(17)6-12/h5-9H,1-4H3. The van der Waals surface area contributed by atoms with Gasteiger partial charge in [-0.15, -0.1) is 0 Å². The maximum atomic E-state index is 6.31. The predicted octanol–water partition coefficient (Wildman–Crippen LogP) is 4.34. The van der Waals surface area contributed by atoms with E-state index in [1.165, 1.54) is 0 Å². The van der Waals surface area contributed by atoms with E-state index in [0.717, 1.165) is 38.6 Å². The van der Waals surface area contributed by atoms with Gasteiger partial charge in [0.05, 0.1) is 6.33 Å². The van der Waals surface area contributed by atoms with Crippen LogP contribution in [0.5, 0.6) is 0 Å². The minimum atomic E-state index is 0.307. The van der Waals surface area contributed by atoms with Crippen LogP contribution < -0.4 is 0 Å². The van der Waals surface area contributed by atoms with E-state index in [0.29, 0.717) is 6.04 Å². The molecule has 0 N–H and O–H groups in total. The molecule has 0 unspecified atom stereocenters. The van der Waals surface area contributed by atoms with Crippen molar-refractivity contribution in [1.29, 1.82) is 0 Å². The topological polar surface area (TPSA) is 43.6 Å². The molecule has 0 spiro atoms. The van der Waals surface area contributed by atoms with Gasteiger partial charge in [0, 0.05) is 16.6 Å². The zero-order valence-corrected chi connectivity index (χ0v) is 13.3. The second-order valence-corrected chi connectivity index (χ2v) is 5.95. The van der Waals surface area contributed by atoms with Crippen LogP contribution in [0.15, 0.2) is 24.8 Å². The summed E-state index contributed by atoms with van der Waals surface area (Å²) in [6, 6.07) is 4.35. The summed E-state index contributed by atoms with van der Waals surface area (Å²) in [5.41, 5.74) is 5.70. The second kappa shape index (κ2) is 5.11. The van der Waals surface area contributed by atoms with E-state index in [1.54, 1.807) is 6.33 Å². The van der Waals surface area contributed by atoms with E-state index in [9.17, 15) is 0 Å². The van der Waals surface area contributed by atoms with Gasteiger partial charge in [-0.25, -0.2) is 15.0 Å². The number of nitrogens with zero attached hydrogens (tertiary/aromatic N) is 4. The molecule has 0 saturated carbocycles. The molecule has 0 radical (unpaired) electrons. The van der Waals surface area contributed by atoms with Crippen LogP contribution in [0.3, 0.4) is 0 Å². The molecule has 0 aliphatic carbocycles. The van der Waals surface area contributed by atoms with E-state index < -0.39 is 0 Å². The largest absolute Gasteiger partial charge is 0.313 e. The monoisotopic (exact) mass is 300 g/mol. The van der Waals surface area contributed by atoms with Crippen molar-refractivity contribution in [3.8, 4) is 11.3 Å². The Labute approximate surface area is 128 Å². The van der Waals surface area contributed by atoms with Crippen LogP contribution in [-0.2, 0) is 0 Å². The lowest BCUT2D eigenvalue weighted by atomic mass is 10.0. The van der Waals surface area contributed by atoms with E-state index in [2.05, 4.69) is 41.8 Å². The third kappa shape index (κ3) is 2.29. The van der Waals surface area contributed by atoms with Crippen molar-refractivity contribution in [2.24, 2.45) is 0 Å². The van der Waals surface area contributed by atoms with Gasteiger partial charge >= 0.3 is 0 Å². The Hall–Kier alpha value is -1.94. The zero-order valence-electron chi connectivity index (χ0n) is 12.6. The van der Waals surface area contributed by atoms with Gasteiger partial charge in [-0.2, -0.15) is 0 Å². The van der Waals surface area contributed by atoms with Crippen LogP contribution in [0.4, 0.5) is 0 Å². The van der Waals surface area contributed by atoms with E-state index in [1.807, 2.05) is 23.9 Å². The Kier molecular flexibility index (Phi) is 3.41. The van der Waals surface area contributed by atoms with Gasteiger partial charge in [0.2, 0.25) is 0 Å². The summed E-state index contributed by atoms with van der Waals surface area (Å²) < 4.78 is 2.04. The first-order valence-electron chi connectivity index (χ1n) is 6.93. The molecule has 0 atom stereocenters. The number of imidazole rings is 1. The third-order valence-electron chi connectivity index (χ3n) is 3.79. The van der Waals surface area contributed by atoms with Crippen molar-refractivity contribution >= 4 is 22.8 Å². The number of hydrogen-bond donors (Lipinski definition) is 0. The number of hydrogen-bond acceptors (Lipinski definition) is 3. The zero-order chi connectivity index (χ0) is 15.1. The minimum Gasteiger partial charge on any atom is -0.313 e. The summed E-state index contributed by atoms with van der Waals surface area (Å²) in [6.07, 6.45) is 3.40. The van der Waals surface area contributed by atoms with Crippen molar-refractivity contribution < 1.29 is 0 Å². The molecule has 2 aromatic heterocycles. The quantitative estimate of drug-likeness (QED) is 0.707. The molecule has 108 valence electrons. The first-order chi connectivity index (χ1) is 9.99. The van der Waals surface area contributed by atoms with Crippen molar-refractivity contribution in [2.75, 3.05) is 0 Å². The molecule has 4 nitrogen and oxygen atoms in total. The lowest BCUT2D eigenvalue weighted by Crippen LogP contribution is -2.00. The normalized spacial score (nSPS) is 11.5. The lowest BCUT2D eigenvalue weighted by Gasteiger charge is -2.09. The first-order valence-corrected chi connectivity index (χ1v) is 7.31. The van der Waals surface area contributed by atoms with Crippen LogP contribution >= 0.6 is 11.6 Å². The van der Waals surface area contributed by atoms with Crippen molar-refractivity contribution in [3.05, 3.63) is 40.9 Å². The molecule has 21 heavy (non-hydrogen) atoms. The Morgan fingerprint density at radius 2 is 1.86 bits per heavy atom. The molecule has 0 amide bonds. The van der Waals surface area contributed by atoms with Gasteiger partial charge in [0.25, 0.3) is 0 Å². The number of halogens is 1. The summed E-state index contributed by atoms with van der Waals surface area (Å²) in [5.74, 6) is 0. The molecule has 1 aromatic carbocycles. The SMILES string of the molecule is Cc1cc(-c2ncnc3c2ncn3C(C)C)cc(Cl)c1C. The molecule has 0 fully saturated rings. The molecule has 0 aliphatic heterocycles. The van der Waals surface area contributed by atoms with E-state index in [-0.39, 0.29) is 0 Å². The van der Waals surface area contributed by atoms with Crippen LogP contribution in [0.2, 0.25) is 5.02 Å². The average Bonchev–Trinajstić information content (AvgIpc) is 2.88. The lowest BCUT2D eigenvalue weighted by molar-refractivity contribution is 0.612. The molecule has 0 saturated heterocycles. The van der Waals surface area contributed by atoms with E-state index in [4.69, 9.17) is 11.6 Å². The fourth-order valence-corrected chi connectivity index (χ4v) is 2.66. The highest BCUT2D eigenvalue weighted by Crippen LogP contribution is 2.30. The third-order valence-corrected chi connectivity index (χ3v) is 4.19. The predicted molar refractivity (Wildman–Crippen MR) is 85.6 cm³/mol. The summed E-state index contributed by atoms with van der Waals surface area (Å²) in [5, 5.41) is 0.750. The Morgan fingerprint density at radius 1 is 1.10 bits per heavy atom. The van der Waals surface area contributed by atoms with E-state index >= 15 is 0 Å². The molecule has 0 aliphatic rings. The highest BCUT2D eigenvalue weighted by atomic mass is 35.5. The van der Waals surface area contributed by atoms with Crippen molar-refractivity contribution in [2.45, 2.75) is 33.7 Å².